The summed E-state index contributed by atoms with van der Waals surface area (Å²) in [7, 11) is 0. The molecule has 0 aromatic carbocycles. The van der Waals surface area contributed by atoms with E-state index in [1.165, 1.54) is 18.4 Å². The van der Waals surface area contributed by atoms with E-state index >= 15 is 0 Å². The number of aromatic nitrogens is 1. The van der Waals surface area contributed by atoms with E-state index in [4.69, 9.17) is 0 Å². The van der Waals surface area contributed by atoms with Crippen LogP contribution in [-0.4, -0.2) is 11.0 Å². The monoisotopic (exact) mass is 306 g/mol. The second-order valence-electron chi connectivity index (χ2n) is 5.71. The minimum absolute atomic E-state index is 0.521. The van der Waals surface area contributed by atoms with Crippen LogP contribution in [-0.2, 0) is 0 Å². The Kier molecular flexibility index (Phi) is 3.18. The molecule has 0 saturated heterocycles. The van der Waals surface area contributed by atoms with E-state index in [2.05, 4.69) is 58.3 Å². The summed E-state index contributed by atoms with van der Waals surface area (Å²) < 4.78 is 0.934. The fourth-order valence-electron chi connectivity index (χ4n) is 3.41. The fraction of sp³-hybridized carbons (Fsp3) is 0.533. The van der Waals surface area contributed by atoms with Gasteiger partial charge in [0.2, 0.25) is 0 Å². The number of aryl methyl sites for hydroxylation is 1. The Morgan fingerprint density at radius 2 is 2.22 bits per heavy atom. The van der Waals surface area contributed by atoms with Gasteiger partial charge in [-0.15, -0.1) is 0 Å². The van der Waals surface area contributed by atoms with Crippen LogP contribution in [0.25, 0.3) is 0 Å². The van der Waals surface area contributed by atoms with Crippen LogP contribution in [0.4, 0.5) is 5.69 Å². The molecule has 1 heterocycles. The molecule has 2 aliphatic rings. The molecule has 0 spiro atoms. The Bertz CT molecular complexity index is 483. The average molecular weight is 307 g/mol. The molecular formula is C15H19BrN2. The minimum atomic E-state index is 0.521. The Morgan fingerprint density at radius 3 is 2.83 bits per heavy atom. The molecule has 0 aliphatic heterocycles. The van der Waals surface area contributed by atoms with Crippen molar-refractivity contribution in [3.05, 3.63) is 34.6 Å². The summed E-state index contributed by atoms with van der Waals surface area (Å²) in [5, 5.41) is 3.62. The standard InChI is InChI=1S/C15H19BrN2/c1-9-5-13(8-17-15(9)16)18-10(2)14-7-11-3-4-12(14)6-11/h3-5,8,10-12,14,18H,6-7H2,1-2H3. The van der Waals surface area contributed by atoms with Gasteiger partial charge >= 0.3 is 0 Å². The van der Waals surface area contributed by atoms with Crippen molar-refractivity contribution in [1.82, 2.24) is 4.98 Å². The van der Waals surface area contributed by atoms with Crippen molar-refractivity contribution in [2.24, 2.45) is 17.8 Å². The third-order valence-corrected chi connectivity index (χ3v) is 5.21. The number of nitrogens with zero attached hydrogens (tertiary/aromatic N) is 1. The maximum atomic E-state index is 4.35. The van der Waals surface area contributed by atoms with E-state index in [1.54, 1.807) is 0 Å². The van der Waals surface area contributed by atoms with Crippen molar-refractivity contribution >= 4 is 21.6 Å². The predicted octanol–water partition coefficient (Wildman–Crippen LogP) is 4.17. The molecule has 1 fully saturated rings. The zero-order valence-electron chi connectivity index (χ0n) is 10.9. The molecule has 3 heteroatoms. The highest BCUT2D eigenvalue weighted by Crippen LogP contribution is 2.45. The Morgan fingerprint density at radius 1 is 1.39 bits per heavy atom. The zero-order chi connectivity index (χ0) is 12.7. The lowest BCUT2D eigenvalue weighted by Crippen LogP contribution is -2.28. The van der Waals surface area contributed by atoms with Gasteiger partial charge in [0.05, 0.1) is 11.9 Å². The average Bonchev–Trinajstić information content (AvgIpc) is 2.96. The number of allylic oxidation sites excluding steroid dienone is 2. The van der Waals surface area contributed by atoms with Crippen LogP contribution >= 0.6 is 15.9 Å². The quantitative estimate of drug-likeness (QED) is 0.670. The highest BCUT2D eigenvalue weighted by atomic mass is 79.9. The van der Waals surface area contributed by atoms with E-state index in [0.717, 1.165) is 28.0 Å². The summed E-state index contributed by atoms with van der Waals surface area (Å²) in [6, 6.07) is 2.68. The van der Waals surface area contributed by atoms with Crippen molar-refractivity contribution < 1.29 is 0 Å². The highest BCUT2D eigenvalue weighted by molar-refractivity contribution is 9.10. The lowest BCUT2D eigenvalue weighted by molar-refractivity contribution is 0.400. The van der Waals surface area contributed by atoms with Crippen molar-refractivity contribution in [3.63, 3.8) is 0 Å². The molecule has 2 aliphatic carbocycles. The van der Waals surface area contributed by atoms with E-state index < -0.39 is 0 Å². The molecule has 0 amide bonds. The van der Waals surface area contributed by atoms with Gasteiger partial charge in [0.15, 0.2) is 0 Å². The van der Waals surface area contributed by atoms with Crippen LogP contribution < -0.4 is 5.32 Å². The van der Waals surface area contributed by atoms with Crippen LogP contribution in [0.15, 0.2) is 29.0 Å². The predicted molar refractivity (Wildman–Crippen MR) is 78.6 cm³/mol. The molecule has 0 radical (unpaired) electrons. The number of fused-ring (bicyclic) bond motifs is 2. The topological polar surface area (TPSA) is 24.9 Å². The van der Waals surface area contributed by atoms with Crippen LogP contribution in [0.5, 0.6) is 0 Å². The minimum Gasteiger partial charge on any atom is -0.381 e. The molecule has 3 rings (SSSR count). The molecule has 1 aromatic rings. The summed E-state index contributed by atoms with van der Waals surface area (Å²) in [6.07, 6.45) is 9.45. The second kappa shape index (κ2) is 4.69. The van der Waals surface area contributed by atoms with Crippen LogP contribution in [0.2, 0.25) is 0 Å². The van der Waals surface area contributed by atoms with Gasteiger partial charge in [0.1, 0.15) is 4.60 Å². The molecular weight excluding hydrogens is 288 g/mol. The van der Waals surface area contributed by atoms with Gasteiger partial charge < -0.3 is 5.32 Å². The Labute approximate surface area is 117 Å². The highest BCUT2D eigenvalue weighted by Gasteiger charge is 2.38. The maximum Gasteiger partial charge on any atom is 0.109 e. The van der Waals surface area contributed by atoms with Gasteiger partial charge in [-0.05, 0) is 72.0 Å². The number of nitrogens with one attached hydrogen (secondary N) is 1. The maximum absolute atomic E-state index is 4.35. The molecule has 4 unspecified atom stereocenters. The second-order valence-corrected chi connectivity index (χ2v) is 6.46. The summed E-state index contributed by atoms with van der Waals surface area (Å²) in [5.41, 5.74) is 2.31. The molecule has 4 atom stereocenters. The Balaban J connectivity index is 1.69. The SMILES string of the molecule is Cc1cc(NC(C)C2CC3C=CC2C3)cnc1Br. The van der Waals surface area contributed by atoms with Gasteiger partial charge in [-0.3, -0.25) is 0 Å². The largest absolute Gasteiger partial charge is 0.381 e. The molecule has 2 bridgehead atoms. The number of rotatable bonds is 3. The number of halogens is 1. The van der Waals surface area contributed by atoms with Gasteiger partial charge in [0, 0.05) is 6.04 Å². The van der Waals surface area contributed by atoms with Crippen molar-refractivity contribution in [1.29, 1.82) is 0 Å². The van der Waals surface area contributed by atoms with Crippen molar-refractivity contribution in [2.45, 2.75) is 32.7 Å². The first kappa shape index (κ1) is 12.2. The molecule has 1 N–H and O–H groups in total. The normalized spacial score (nSPS) is 30.7. The summed E-state index contributed by atoms with van der Waals surface area (Å²) in [5.74, 6) is 2.42. The van der Waals surface area contributed by atoms with Crippen molar-refractivity contribution in [2.75, 3.05) is 5.32 Å². The van der Waals surface area contributed by atoms with Crippen LogP contribution in [0.1, 0.15) is 25.3 Å². The number of pyridine rings is 1. The molecule has 1 saturated carbocycles. The summed E-state index contributed by atoms with van der Waals surface area (Å²) >= 11 is 3.44. The van der Waals surface area contributed by atoms with Gasteiger partial charge in [-0.25, -0.2) is 4.98 Å². The van der Waals surface area contributed by atoms with E-state index in [1.807, 2.05) is 6.20 Å². The first-order valence-corrected chi connectivity index (χ1v) is 7.50. The smallest absolute Gasteiger partial charge is 0.109 e. The fourth-order valence-corrected chi connectivity index (χ4v) is 3.62. The van der Waals surface area contributed by atoms with E-state index in [9.17, 15) is 0 Å². The number of hydrogen-bond acceptors (Lipinski definition) is 2. The molecule has 2 nitrogen and oxygen atoms in total. The van der Waals surface area contributed by atoms with Crippen molar-refractivity contribution in [3.8, 4) is 0 Å². The van der Waals surface area contributed by atoms with Crippen LogP contribution in [0, 0.1) is 24.7 Å². The lowest BCUT2D eigenvalue weighted by Gasteiger charge is -2.27. The summed E-state index contributed by atoms with van der Waals surface area (Å²) in [6.45, 7) is 4.38. The van der Waals surface area contributed by atoms with Crippen LogP contribution in [0.3, 0.4) is 0 Å². The molecule has 18 heavy (non-hydrogen) atoms. The molecule has 1 aromatic heterocycles. The van der Waals surface area contributed by atoms with Gasteiger partial charge in [-0.1, -0.05) is 12.2 Å². The third kappa shape index (κ3) is 2.20. The van der Waals surface area contributed by atoms with Gasteiger partial charge in [0.25, 0.3) is 0 Å². The third-order valence-electron chi connectivity index (χ3n) is 4.38. The van der Waals surface area contributed by atoms with Gasteiger partial charge in [-0.2, -0.15) is 0 Å². The lowest BCUT2D eigenvalue weighted by atomic mass is 9.87. The van der Waals surface area contributed by atoms with E-state index in [-0.39, 0.29) is 0 Å². The Hall–Kier alpha value is -0.830. The molecule has 96 valence electrons. The van der Waals surface area contributed by atoms with E-state index in [0.29, 0.717) is 6.04 Å². The first-order chi connectivity index (χ1) is 8.63. The first-order valence-electron chi connectivity index (χ1n) is 6.70. The zero-order valence-corrected chi connectivity index (χ0v) is 12.4. The number of anilines is 1. The number of hydrogen-bond donors (Lipinski definition) is 1. The summed E-state index contributed by atoms with van der Waals surface area (Å²) in [4.78, 5) is 4.35.